The van der Waals surface area contributed by atoms with Gasteiger partial charge in [0.05, 0.1) is 18.7 Å². The summed E-state index contributed by atoms with van der Waals surface area (Å²) in [6.45, 7) is 4.92. The van der Waals surface area contributed by atoms with Crippen molar-refractivity contribution in [1.29, 1.82) is 0 Å². The van der Waals surface area contributed by atoms with Crippen LogP contribution in [0.3, 0.4) is 0 Å². The molecule has 0 aliphatic heterocycles. The summed E-state index contributed by atoms with van der Waals surface area (Å²) in [6, 6.07) is 0. The van der Waals surface area contributed by atoms with Gasteiger partial charge < -0.3 is 10.0 Å². The fraction of sp³-hybridized carbons (Fsp3) is 0.500. The highest BCUT2D eigenvalue weighted by Gasteiger charge is 2.13. The van der Waals surface area contributed by atoms with E-state index in [0.29, 0.717) is 19.0 Å². The van der Waals surface area contributed by atoms with Gasteiger partial charge in [-0.1, -0.05) is 19.8 Å². The molecule has 17 heavy (non-hydrogen) atoms. The normalized spacial score (nSPS) is 10.2. The highest BCUT2D eigenvalue weighted by molar-refractivity contribution is 7.13. The van der Waals surface area contributed by atoms with Gasteiger partial charge in [-0.25, -0.2) is 4.98 Å². The Labute approximate surface area is 105 Å². The Morgan fingerprint density at radius 1 is 1.71 bits per heavy atom. The Kier molecular flexibility index (Phi) is 4.98. The number of carboxylic acids is 1. The lowest BCUT2D eigenvalue weighted by molar-refractivity contribution is -0.136. The highest BCUT2D eigenvalue weighted by atomic mass is 32.1. The molecule has 0 unspecified atom stereocenters. The first-order valence-electron chi connectivity index (χ1n) is 5.40. The summed E-state index contributed by atoms with van der Waals surface area (Å²) < 4.78 is 0. The van der Waals surface area contributed by atoms with Crippen molar-refractivity contribution in [2.24, 2.45) is 0 Å². The van der Waals surface area contributed by atoms with E-state index in [0.717, 1.165) is 10.8 Å². The average molecular weight is 252 g/mol. The summed E-state index contributed by atoms with van der Waals surface area (Å²) in [5.41, 5.74) is 1.02. The van der Waals surface area contributed by atoms with E-state index in [1.807, 2.05) is 10.3 Å². The zero-order valence-electron chi connectivity index (χ0n) is 10.0. The second-order valence-electron chi connectivity index (χ2n) is 3.98. The minimum absolute atomic E-state index is 0.0677. The number of rotatable bonds is 6. The molecular weight excluding hydrogens is 236 g/mol. The maximum absolute atomic E-state index is 10.6. The molecule has 92 valence electrons. The summed E-state index contributed by atoms with van der Waals surface area (Å²) in [6.07, 6.45) is 5.35. The number of thiazole rings is 1. The molecule has 0 aliphatic carbocycles. The average Bonchev–Trinajstić information content (AvgIpc) is 2.73. The molecule has 1 aromatic heterocycles. The van der Waals surface area contributed by atoms with Crippen LogP contribution in [0.25, 0.3) is 0 Å². The molecule has 0 aliphatic rings. The lowest BCUT2D eigenvalue weighted by Crippen LogP contribution is -2.26. The van der Waals surface area contributed by atoms with Crippen molar-refractivity contribution in [1.82, 2.24) is 4.98 Å². The lowest BCUT2D eigenvalue weighted by atomic mass is 10.2. The fourth-order valence-corrected chi connectivity index (χ4v) is 2.28. The van der Waals surface area contributed by atoms with Gasteiger partial charge in [0, 0.05) is 11.9 Å². The molecule has 0 bridgehead atoms. The number of terminal acetylenes is 1. The van der Waals surface area contributed by atoms with Gasteiger partial charge >= 0.3 is 5.97 Å². The van der Waals surface area contributed by atoms with Crippen molar-refractivity contribution in [2.75, 3.05) is 18.0 Å². The molecule has 0 amide bonds. The molecule has 0 atom stereocenters. The topological polar surface area (TPSA) is 53.4 Å². The first-order valence-corrected chi connectivity index (χ1v) is 6.28. The zero-order chi connectivity index (χ0) is 12.8. The number of hydrogen-bond acceptors (Lipinski definition) is 4. The Morgan fingerprint density at radius 2 is 2.41 bits per heavy atom. The second kappa shape index (κ2) is 6.26. The molecule has 0 aromatic carbocycles. The van der Waals surface area contributed by atoms with Crippen LogP contribution in [0.1, 0.15) is 31.9 Å². The van der Waals surface area contributed by atoms with E-state index < -0.39 is 5.97 Å². The third-order valence-electron chi connectivity index (χ3n) is 2.25. The van der Waals surface area contributed by atoms with Gasteiger partial charge in [0.25, 0.3) is 0 Å². The summed E-state index contributed by atoms with van der Waals surface area (Å²) >= 11 is 1.50. The Balaban J connectivity index is 2.75. The van der Waals surface area contributed by atoms with Crippen molar-refractivity contribution in [3.63, 3.8) is 0 Å². The summed E-state index contributed by atoms with van der Waals surface area (Å²) in [4.78, 5) is 16.8. The monoisotopic (exact) mass is 252 g/mol. The molecule has 0 spiro atoms. The third-order valence-corrected chi connectivity index (χ3v) is 3.17. The van der Waals surface area contributed by atoms with Gasteiger partial charge in [-0.2, -0.15) is 0 Å². The van der Waals surface area contributed by atoms with E-state index >= 15 is 0 Å². The summed E-state index contributed by atoms with van der Waals surface area (Å²) in [5.74, 6) is 2.07. The standard InChI is InChI=1S/C12H16N2O2S/c1-4-6-14(7-5-11(15)16)12-13-10(8-17-12)9(2)3/h1,8-9H,5-7H2,2-3H3,(H,15,16). The summed E-state index contributed by atoms with van der Waals surface area (Å²) in [7, 11) is 0. The fourth-order valence-electron chi connectivity index (χ4n) is 1.27. The Bertz CT molecular complexity index is 420. The van der Waals surface area contributed by atoms with Gasteiger partial charge in [0.1, 0.15) is 0 Å². The minimum atomic E-state index is -0.826. The number of carboxylic acid groups (broad SMARTS) is 1. The SMILES string of the molecule is C#CCN(CCC(=O)O)c1nc(C(C)C)cs1. The van der Waals surface area contributed by atoms with E-state index in [4.69, 9.17) is 11.5 Å². The largest absolute Gasteiger partial charge is 0.481 e. The maximum atomic E-state index is 10.6. The van der Waals surface area contributed by atoms with E-state index in [-0.39, 0.29) is 6.42 Å². The zero-order valence-corrected chi connectivity index (χ0v) is 10.8. The van der Waals surface area contributed by atoms with Crippen LogP contribution in [-0.2, 0) is 4.79 Å². The minimum Gasteiger partial charge on any atom is -0.481 e. The van der Waals surface area contributed by atoms with Crippen LogP contribution in [0.4, 0.5) is 5.13 Å². The van der Waals surface area contributed by atoms with Gasteiger partial charge in [-0.15, -0.1) is 17.8 Å². The van der Waals surface area contributed by atoms with Crippen LogP contribution in [0.2, 0.25) is 0 Å². The second-order valence-corrected chi connectivity index (χ2v) is 4.82. The van der Waals surface area contributed by atoms with E-state index in [1.54, 1.807) is 0 Å². The quantitative estimate of drug-likeness (QED) is 0.788. The number of hydrogen-bond donors (Lipinski definition) is 1. The van der Waals surface area contributed by atoms with Crippen LogP contribution in [-0.4, -0.2) is 29.1 Å². The van der Waals surface area contributed by atoms with Crippen molar-refractivity contribution >= 4 is 22.4 Å². The maximum Gasteiger partial charge on any atom is 0.305 e. The van der Waals surface area contributed by atoms with E-state index in [2.05, 4.69) is 24.8 Å². The predicted molar refractivity (Wildman–Crippen MR) is 69.5 cm³/mol. The molecule has 1 rings (SSSR count). The van der Waals surface area contributed by atoms with Gasteiger partial charge in [0.15, 0.2) is 5.13 Å². The number of aromatic nitrogens is 1. The van der Waals surface area contributed by atoms with Crippen LogP contribution >= 0.6 is 11.3 Å². The molecule has 0 saturated carbocycles. The van der Waals surface area contributed by atoms with E-state index in [9.17, 15) is 4.79 Å². The predicted octanol–water partition coefficient (Wildman–Crippen LogP) is 2.18. The first kappa shape index (κ1) is 13.5. The number of anilines is 1. The van der Waals surface area contributed by atoms with Crippen LogP contribution in [0.15, 0.2) is 5.38 Å². The molecule has 0 radical (unpaired) electrons. The van der Waals surface area contributed by atoms with Crippen molar-refractivity contribution in [3.05, 3.63) is 11.1 Å². The number of aliphatic carboxylic acids is 1. The van der Waals surface area contributed by atoms with Gasteiger partial charge in [-0.3, -0.25) is 4.79 Å². The lowest BCUT2D eigenvalue weighted by Gasteiger charge is -2.17. The van der Waals surface area contributed by atoms with Crippen LogP contribution < -0.4 is 4.90 Å². The number of nitrogens with zero attached hydrogens (tertiary/aromatic N) is 2. The first-order chi connectivity index (χ1) is 8.04. The van der Waals surface area contributed by atoms with Gasteiger partial charge in [-0.05, 0) is 5.92 Å². The number of carbonyl (C=O) groups is 1. The van der Waals surface area contributed by atoms with Crippen LogP contribution in [0, 0.1) is 12.3 Å². The van der Waals surface area contributed by atoms with Crippen molar-refractivity contribution in [2.45, 2.75) is 26.2 Å². The Morgan fingerprint density at radius 3 is 2.88 bits per heavy atom. The molecule has 0 saturated heterocycles. The third kappa shape index (κ3) is 4.08. The molecule has 5 heteroatoms. The molecule has 1 N–H and O–H groups in total. The smallest absolute Gasteiger partial charge is 0.305 e. The molecule has 4 nitrogen and oxygen atoms in total. The van der Waals surface area contributed by atoms with E-state index in [1.165, 1.54) is 11.3 Å². The summed E-state index contributed by atoms with van der Waals surface area (Å²) in [5, 5.41) is 11.5. The van der Waals surface area contributed by atoms with Crippen molar-refractivity contribution in [3.8, 4) is 12.3 Å². The highest BCUT2D eigenvalue weighted by Crippen LogP contribution is 2.24. The van der Waals surface area contributed by atoms with Crippen LogP contribution in [0.5, 0.6) is 0 Å². The molecule has 0 fully saturated rings. The van der Waals surface area contributed by atoms with Crippen molar-refractivity contribution < 1.29 is 9.90 Å². The Hall–Kier alpha value is -1.54. The molecule has 1 heterocycles. The molecular formula is C12H16N2O2S. The molecule has 1 aromatic rings. The van der Waals surface area contributed by atoms with Gasteiger partial charge in [0.2, 0.25) is 0 Å².